The molecule has 1 unspecified atom stereocenters. The molecule has 0 bridgehead atoms. The first-order chi connectivity index (χ1) is 7.59. The van der Waals surface area contributed by atoms with Gasteiger partial charge in [-0.15, -0.1) is 0 Å². The Morgan fingerprint density at radius 2 is 2.31 bits per heavy atom. The van der Waals surface area contributed by atoms with Gasteiger partial charge in [0.2, 0.25) is 5.91 Å². The minimum Gasteiger partial charge on any atom is -0.370 e. The number of hydrogen-bond acceptors (Lipinski definition) is 2. The Hall–Kier alpha value is -1.22. The summed E-state index contributed by atoms with van der Waals surface area (Å²) in [6, 6.07) is 5.84. The number of carbonyl (C=O) groups excluding carboxylic acids is 1. The van der Waals surface area contributed by atoms with Crippen LogP contribution in [0.2, 0.25) is 5.02 Å². The van der Waals surface area contributed by atoms with Crippen molar-refractivity contribution >= 4 is 23.2 Å². The lowest BCUT2D eigenvalue weighted by Crippen LogP contribution is -2.27. The third kappa shape index (κ3) is 2.00. The van der Waals surface area contributed by atoms with E-state index in [9.17, 15) is 4.79 Å². The molecule has 1 aliphatic rings. The number of nitrogens with zero attached hydrogens (tertiary/aromatic N) is 1. The summed E-state index contributed by atoms with van der Waals surface area (Å²) >= 11 is 6.07. The average Bonchev–Trinajstić information content (AvgIpc) is 2.71. The van der Waals surface area contributed by atoms with Crippen LogP contribution in [0.15, 0.2) is 18.2 Å². The van der Waals surface area contributed by atoms with Crippen molar-refractivity contribution in [3.05, 3.63) is 28.8 Å². The molecule has 0 aliphatic carbocycles. The van der Waals surface area contributed by atoms with Crippen LogP contribution in [0.1, 0.15) is 12.0 Å². The van der Waals surface area contributed by atoms with Crippen LogP contribution in [0.5, 0.6) is 0 Å². The van der Waals surface area contributed by atoms with E-state index in [2.05, 4.69) is 4.90 Å². The summed E-state index contributed by atoms with van der Waals surface area (Å²) in [6.45, 7) is 3.57. The first kappa shape index (κ1) is 11.3. The summed E-state index contributed by atoms with van der Waals surface area (Å²) in [7, 11) is 0. The first-order valence-electron chi connectivity index (χ1n) is 5.39. The highest BCUT2D eigenvalue weighted by Gasteiger charge is 2.27. The standard InChI is InChI=1S/C12H15ClN2O/c1-8-10(13)3-2-4-11(8)15-6-5-9(7-15)12(14)16/h2-4,9H,5-7H2,1H3,(H2,14,16). The predicted octanol–water partition coefficient (Wildman–Crippen LogP) is 1.96. The molecule has 1 heterocycles. The van der Waals surface area contributed by atoms with Gasteiger partial charge in [-0.2, -0.15) is 0 Å². The Morgan fingerprint density at radius 3 is 2.94 bits per heavy atom. The molecule has 0 aromatic heterocycles. The van der Waals surface area contributed by atoms with Gasteiger partial charge >= 0.3 is 0 Å². The summed E-state index contributed by atoms with van der Waals surface area (Å²) in [6.07, 6.45) is 0.835. The van der Waals surface area contributed by atoms with Gasteiger partial charge in [0.15, 0.2) is 0 Å². The fourth-order valence-electron chi connectivity index (χ4n) is 2.15. The smallest absolute Gasteiger partial charge is 0.222 e. The third-order valence-corrected chi connectivity index (χ3v) is 3.58. The minimum atomic E-state index is -0.206. The highest BCUT2D eigenvalue weighted by Crippen LogP contribution is 2.30. The molecule has 0 spiro atoms. The van der Waals surface area contributed by atoms with E-state index in [0.29, 0.717) is 6.54 Å². The Bertz CT molecular complexity index is 419. The van der Waals surface area contributed by atoms with Gasteiger partial charge in [0, 0.05) is 23.8 Å². The number of hydrogen-bond donors (Lipinski definition) is 1. The normalized spacial score (nSPS) is 20.1. The minimum absolute atomic E-state index is 0.0293. The maximum atomic E-state index is 11.1. The van der Waals surface area contributed by atoms with Crippen molar-refractivity contribution in [1.82, 2.24) is 0 Å². The number of amides is 1. The Kier molecular flexibility index (Phi) is 3.06. The molecule has 2 N–H and O–H groups in total. The number of nitrogens with two attached hydrogens (primary N) is 1. The van der Waals surface area contributed by atoms with E-state index in [4.69, 9.17) is 17.3 Å². The SMILES string of the molecule is Cc1c(Cl)cccc1N1CCC(C(N)=O)C1. The van der Waals surface area contributed by atoms with Gasteiger partial charge in [-0.3, -0.25) is 4.79 Å². The van der Waals surface area contributed by atoms with Crippen LogP contribution in [-0.4, -0.2) is 19.0 Å². The van der Waals surface area contributed by atoms with E-state index in [0.717, 1.165) is 29.2 Å². The zero-order chi connectivity index (χ0) is 11.7. The second-order valence-corrected chi connectivity index (χ2v) is 4.63. The Morgan fingerprint density at radius 1 is 1.56 bits per heavy atom. The number of carbonyl (C=O) groups is 1. The predicted molar refractivity (Wildman–Crippen MR) is 65.7 cm³/mol. The fraction of sp³-hybridized carbons (Fsp3) is 0.417. The number of rotatable bonds is 2. The second-order valence-electron chi connectivity index (χ2n) is 4.22. The number of benzene rings is 1. The number of anilines is 1. The van der Waals surface area contributed by atoms with E-state index in [-0.39, 0.29) is 11.8 Å². The summed E-state index contributed by atoms with van der Waals surface area (Å²) in [5.41, 5.74) is 7.49. The van der Waals surface area contributed by atoms with Crippen molar-refractivity contribution in [2.24, 2.45) is 11.7 Å². The van der Waals surface area contributed by atoms with Crippen molar-refractivity contribution in [1.29, 1.82) is 0 Å². The summed E-state index contributed by atoms with van der Waals surface area (Å²) in [4.78, 5) is 13.3. The van der Waals surface area contributed by atoms with Crippen molar-refractivity contribution < 1.29 is 4.79 Å². The van der Waals surface area contributed by atoms with Crippen LogP contribution in [-0.2, 0) is 4.79 Å². The molecule has 1 atom stereocenters. The van der Waals surface area contributed by atoms with Gasteiger partial charge in [0.1, 0.15) is 0 Å². The third-order valence-electron chi connectivity index (χ3n) is 3.17. The van der Waals surface area contributed by atoms with Crippen LogP contribution in [0.25, 0.3) is 0 Å². The van der Waals surface area contributed by atoms with E-state index < -0.39 is 0 Å². The molecule has 4 heteroatoms. The van der Waals surface area contributed by atoms with Crippen molar-refractivity contribution in [2.45, 2.75) is 13.3 Å². The molecule has 16 heavy (non-hydrogen) atoms. The van der Waals surface area contributed by atoms with Crippen LogP contribution in [0.4, 0.5) is 5.69 Å². The fourth-order valence-corrected chi connectivity index (χ4v) is 2.32. The summed E-state index contributed by atoms with van der Waals surface area (Å²) in [5.74, 6) is -0.236. The zero-order valence-electron chi connectivity index (χ0n) is 9.24. The molecule has 1 amide bonds. The quantitative estimate of drug-likeness (QED) is 0.856. The lowest BCUT2D eigenvalue weighted by Gasteiger charge is -2.21. The van der Waals surface area contributed by atoms with E-state index in [1.807, 2.05) is 25.1 Å². The molecular weight excluding hydrogens is 224 g/mol. The topological polar surface area (TPSA) is 46.3 Å². The van der Waals surface area contributed by atoms with Gasteiger partial charge in [-0.25, -0.2) is 0 Å². The maximum Gasteiger partial charge on any atom is 0.222 e. The lowest BCUT2D eigenvalue weighted by molar-refractivity contribution is -0.121. The van der Waals surface area contributed by atoms with Crippen LogP contribution in [0.3, 0.4) is 0 Å². The summed E-state index contributed by atoms with van der Waals surface area (Å²) in [5, 5.41) is 0.764. The number of halogens is 1. The summed E-state index contributed by atoms with van der Waals surface area (Å²) < 4.78 is 0. The van der Waals surface area contributed by atoms with Crippen molar-refractivity contribution in [3.63, 3.8) is 0 Å². The Labute approximate surface area is 100 Å². The molecule has 0 radical (unpaired) electrons. The van der Waals surface area contributed by atoms with E-state index >= 15 is 0 Å². The molecule has 1 aliphatic heterocycles. The first-order valence-corrected chi connectivity index (χ1v) is 5.76. The average molecular weight is 239 g/mol. The van der Waals surface area contributed by atoms with E-state index in [1.54, 1.807) is 0 Å². The van der Waals surface area contributed by atoms with Crippen LogP contribution >= 0.6 is 11.6 Å². The largest absolute Gasteiger partial charge is 0.370 e. The molecule has 3 nitrogen and oxygen atoms in total. The zero-order valence-corrected chi connectivity index (χ0v) is 10.00. The van der Waals surface area contributed by atoms with Crippen LogP contribution in [0, 0.1) is 12.8 Å². The molecule has 0 saturated carbocycles. The highest BCUT2D eigenvalue weighted by molar-refractivity contribution is 6.31. The van der Waals surface area contributed by atoms with Crippen molar-refractivity contribution in [2.75, 3.05) is 18.0 Å². The van der Waals surface area contributed by atoms with Crippen molar-refractivity contribution in [3.8, 4) is 0 Å². The second kappa shape index (κ2) is 4.34. The van der Waals surface area contributed by atoms with Gasteiger partial charge < -0.3 is 10.6 Å². The van der Waals surface area contributed by atoms with Gasteiger partial charge in [0.25, 0.3) is 0 Å². The molecule has 2 rings (SSSR count). The molecule has 1 aromatic rings. The van der Waals surface area contributed by atoms with Gasteiger partial charge in [-0.1, -0.05) is 17.7 Å². The molecule has 86 valence electrons. The van der Waals surface area contributed by atoms with E-state index in [1.165, 1.54) is 0 Å². The maximum absolute atomic E-state index is 11.1. The Balaban J connectivity index is 2.21. The molecular formula is C12H15ClN2O. The van der Waals surface area contributed by atoms with Gasteiger partial charge in [0.05, 0.1) is 5.92 Å². The van der Waals surface area contributed by atoms with Crippen LogP contribution < -0.4 is 10.6 Å². The lowest BCUT2D eigenvalue weighted by atomic mass is 10.1. The number of primary amides is 1. The monoisotopic (exact) mass is 238 g/mol. The molecule has 1 fully saturated rings. The highest BCUT2D eigenvalue weighted by atomic mass is 35.5. The molecule has 1 saturated heterocycles. The molecule has 1 aromatic carbocycles. The van der Waals surface area contributed by atoms with Gasteiger partial charge in [-0.05, 0) is 31.0 Å².